The molecule has 1 saturated heterocycles. The lowest BCUT2D eigenvalue weighted by Gasteiger charge is -2.25. The van der Waals surface area contributed by atoms with Crippen molar-refractivity contribution in [2.75, 3.05) is 37.2 Å². The molecule has 2 heterocycles. The van der Waals surface area contributed by atoms with Gasteiger partial charge in [-0.3, -0.25) is 4.79 Å². The number of amides is 1. The molecule has 1 saturated carbocycles. The molecule has 4 N–H and O–H groups in total. The van der Waals surface area contributed by atoms with Crippen molar-refractivity contribution in [3.8, 4) is 0 Å². The summed E-state index contributed by atoms with van der Waals surface area (Å²) >= 11 is 1.39. The van der Waals surface area contributed by atoms with Crippen LogP contribution >= 0.6 is 11.3 Å². The minimum Gasteiger partial charge on any atom is -0.382 e. The molecule has 3 rings (SSSR count). The van der Waals surface area contributed by atoms with Crippen LogP contribution in [-0.2, 0) is 0 Å². The van der Waals surface area contributed by atoms with E-state index in [0.29, 0.717) is 16.7 Å². The van der Waals surface area contributed by atoms with Crippen molar-refractivity contribution >= 4 is 28.2 Å². The van der Waals surface area contributed by atoms with Gasteiger partial charge in [-0.25, -0.2) is 4.98 Å². The van der Waals surface area contributed by atoms with Crippen molar-refractivity contribution < 1.29 is 4.79 Å². The van der Waals surface area contributed by atoms with Crippen LogP contribution in [0, 0.1) is 0 Å². The van der Waals surface area contributed by atoms with Crippen molar-refractivity contribution in [1.82, 2.24) is 15.2 Å². The minimum absolute atomic E-state index is 0.0189. The highest BCUT2D eigenvalue weighted by Gasteiger charge is 2.24. The molecule has 7 heteroatoms. The summed E-state index contributed by atoms with van der Waals surface area (Å²) in [6.45, 7) is 3.34. The van der Waals surface area contributed by atoms with Gasteiger partial charge in [0.2, 0.25) is 0 Å². The van der Waals surface area contributed by atoms with E-state index in [9.17, 15) is 4.79 Å². The summed E-state index contributed by atoms with van der Waals surface area (Å²) in [4.78, 5) is 19.3. The van der Waals surface area contributed by atoms with E-state index < -0.39 is 0 Å². The molecular formula is C13H21N5OS. The second kappa shape index (κ2) is 5.97. The molecule has 1 aliphatic carbocycles. The monoisotopic (exact) mass is 295 g/mol. The maximum atomic E-state index is 12.5. The van der Waals surface area contributed by atoms with Crippen LogP contribution in [0.15, 0.2) is 0 Å². The number of nitrogens with zero attached hydrogens (tertiary/aromatic N) is 2. The zero-order valence-electron chi connectivity index (χ0n) is 11.5. The third-order valence-corrected chi connectivity index (χ3v) is 4.90. The molecule has 1 aliphatic heterocycles. The van der Waals surface area contributed by atoms with Crippen molar-refractivity contribution in [3.05, 3.63) is 4.88 Å². The Bertz CT molecular complexity index is 477. The number of carbonyl (C=O) groups is 1. The van der Waals surface area contributed by atoms with E-state index in [1.54, 1.807) is 0 Å². The lowest BCUT2D eigenvalue weighted by atomic mass is 9.93. The molecule has 6 nitrogen and oxygen atoms in total. The largest absolute Gasteiger partial charge is 0.382 e. The van der Waals surface area contributed by atoms with Gasteiger partial charge in [-0.05, 0) is 32.2 Å². The van der Waals surface area contributed by atoms with Gasteiger partial charge in [-0.2, -0.15) is 0 Å². The predicted octanol–water partition coefficient (Wildman–Crippen LogP) is 1.13. The summed E-state index contributed by atoms with van der Waals surface area (Å²) in [5.74, 6) is 0.379. The van der Waals surface area contributed by atoms with Crippen LogP contribution in [0.4, 0.5) is 10.9 Å². The van der Waals surface area contributed by atoms with Gasteiger partial charge in [0.1, 0.15) is 10.7 Å². The van der Waals surface area contributed by atoms with Gasteiger partial charge in [-0.15, -0.1) is 0 Å². The molecule has 0 aromatic carbocycles. The molecular weight excluding hydrogens is 274 g/mol. The second-order valence-electron chi connectivity index (χ2n) is 5.40. The Balaban J connectivity index is 1.69. The average Bonchev–Trinajstić information content (AvgIpc) is 2.62. The Labute approximate surface area is 122 Å². The normalized spacial score (nSPS) is 20.3. The number of aromatic nitrogens is 1. The summed E-state index contributed by atoms with van der Waals surface area (Å²) in [5, 5.41) is 7.43. The summed E-state index contributed by atoms with van der Waals surface area (Å²) in [6.07, 6.45) is 4.61. The summed E-state index contributed by atoms with van der Waals surface area (Å²) in [5.41, 5.74) is 5.92. The molecule has 1 aromatic rings. The fourth-order valence-corrected chi connectivity index (χ4v) is 3.40. The highest BCUT2D eigenvalue weighted by molar-refractivity contribution is 7.18. The zero-order valence-corrected chi connectivity index (χ0v) is 12.3. The first kappa shape index (κ1) is 13.6. The molecule has 0 spiro atoms. The van der Waals surface area contributed by atoms with Gasteiger partial charge in [-0.1, -0.05) is 11.3 Å². The second-order valence-corrected chi connectivity index (χ2v) is 6.40. The first-order valence-electron chi connectivity index (χ1n) is 7.27. The number of nitrogens with two attached hydrogens (primary N) is 1. The molecule has 0 unspecified atom stereocenters. The molecule has 1 amide bonds. The molecule has 2 aliphatic rings. The van der Waals surface area contributed by atoms with Crippen LogP contribution in [0.3, 0.4) is 0 Å². The Morgan fingerprint density at radius 2 is 2.20 bits per heavy atom. The van der Waals surface area contributed by atoms with Gasteiger partial charge in [0.25, 0.3) is 5.91 Å². The number of hydrogen-bond acceptors (Lipinski definition) is 6. The van der Waals surface area contributed by atoms with Crippen molar-refractivity contribution in [2.45, 2.75) is 31.7 Å². The summed E-state index contributed by atoms with van der Waals surface area (Å²) in [7, 11) is 0. The van der Waals surface area contributed by atoms with Crippen LogP contribution in [0.5, 0.6) is 0 Å². The first-order valence-corrected chi connectivity index (χ1v) is 8.08. The number of rotatable bonds is 3. The summed E-state index contributed by atoms with van der Waals surface area (Å²) < 4.78 is 0. The number of anilines is 2. The van der Waals surface area contributed by atoms with Crippen molar-refractivity contribution in [1.29, 1.82) is 0 Å². The Kier molecular flexibility index (Phi) is 4.07. The van der Waals surface area contributed by atoms with Crippen LogP contribution in [-0.4, -0.2) is 48.0 Å². The van der Waals surface area contributed by atoms with Gasteiger partial charge < -0.3 is 21.3 Å². The van der Waals surface area contributed by atoms with E-state index in [-0.39, 0.29) is 5.91 Å². The molecule has 0 radical (unpaired) electrons. The van der Waals surface area contributed by atoms with Gasteiger partial charge in [0.15, 0.2) is 5.13 Å². The number of carbonyl (C=O) groups excluding carboxylic acids is 1. The lowest BCUT2D eigenvalue weighted by molar-refractivity contribution is 0.0772. The summed E-state index contributed by atoms with van der Waals surface area (Å²) in [6, 6.07) is 0.505. The molecule has 0 atom stereocenters. The van der Waals surface area contributed by atoms with Crippen LogP contribution in [0.2, 0.25) is 0 Å². The molecule has 0 bridgehead atoms. The number of hydrogen-bond donors (Lipinski definition) is 3. The SMILES string of the molecule is Nc1nc(NC2CCC2)sc1C(=O)N1CCCNCC1. The van der Waals surface area contributed by atoms with E-state index >= 15 is 0 Å². The smallest absolute Gasteiger partial charge is 0.267 e. The Morgan fingerprint density at radius 1 is 1.35 bits per heavy atom. The lowest BCUT2D eigenvalue weighted by Crippen LogP contribution is -2.34. The van der Waals surface area contributed by atoms with E-state index in [1.807, 2.05) is 4.90 Å². The molecule has 110 valence electrons. The standard InChI is InChI=1S/C13H21N5OS/c14-11-10(12(19)18-7-2-5-15-6-8-18)20-13(17-11)16-9-3-1-4-9/h9,15H,1-8,14H2,(H,16,17). The first-order chi connectivity index (χ1) is 9.74. The van der Waals surface area contributed by atoms with Gasteiger partial charge >= 0.3 is 0 Å². The number of nitrogens with one attached hydrogen (secondary N) is 2. The van der Waals surface area contributed by atoms with E-state index in [2.05, 4.69) is 15.6 Å². The Morgan fingerprint density at radius 3 is 2.95 bits per heavy atom. The van der Waals surface area contributed by atoms with E-state index in [4.69, 9.17) is 5.73 Å². The fraction of sp³-hybridized carbons (Fsp3) is 0.692. The van der Waals surface area contributed by atoms with E-state index in [1.165, 1.54) is 30.6 Å². The quantitative estimate of drug-likeness (QED) is 0.778. The number of thiazole rings is 1. The Hall–Kier alpha value is -1.34. The zero-order chi connectivity index (χ0) is 13.9. The maximum absolute atomic E-state index is 12.5. The average molecular weight is 295 g/mol. The third-order valence-electron chi connectivity index (χ3n) is 3.91. The third kappa shape index (κ3) is 2.88. The van der Waals surface area contributed by atoms with Gasteiger partial charge in [0, 0.05) is 25.7 Å². The topological polar surface area (TPSA) is 83.3 Å². The van der Waals surface area contributed by atoms with Crippen LogP contribution in [0.25, 0.3) is 0 Å². The minimum atomic E-state index is 0.0189. The highest BCUT2D eigenvalue weighted by Crippen LogP contribution is 2.30. The molecule has 2 fully saturated rings. The molecule has 20 heavy (non-hydrogen) atoms. The predicted molar refractivity (Wildman–Crippen MR) is 81.2 cm³/mol. The molecule has 1 aromatic heterocycles. The van der Waals surface area contributed by atoms with Crippen molar-refractivity contribution in [2.24, 2.45) is 0 Å². The highest BCUT2D eigenvalue weighted by atomic mass is 32.1. The van der Waals surface area contributed by atoms with E-state index in [0.717, 1.165) is 37.7 Å². The van der Waals surface area contributed by atoms with Crippen LogP contribution in [0.1, 0.15) is 35.4 Å². The van der Waals surface area contributed by atoms with Crippen LogP contribution < -0.4 is 16.4 Å². The van der Waals surface area contributed by atoms with Crippen molar-refractivity contribution in [3.63, 3.8) is 0 Å². The number of nitrogen functional groups attached to an aromatic ring is 1. The van der Waals surface area contributed by atoms with Gasteiger partial charge in [0.05, 0.1) is 0 Å². The maximum Gasteiger partial charge on any atom is 0.267 e. The fourth-order valence-electron chi connectivity index (χ4n) is 2.47.